The summed E-state index contributed by atoms with van der Waals surface area (Å²) >= 11 is 1.25. The molecule has 0 N–H and O–H groups in total. The first kappa shape index (κ1) is 12.9. The maximum absolute atomic E-state index is 12.1. The first-order valence-corrected chi connectivity index (χ1v) is 7.27. The average Bonchev–Trinajstić information content (AvgIpc) is 2.42. The third-order valence-electron chi connectivity index (χ3n) is 2.51. The Morgan fingerprint density at radius 1 is 1.00 bits per heavy atom. The van der Waals surface area contributed by atoms with Gasteiger partial charge in [0.1, 0.15) is 0 Å². The summed E-state index contributed by atoms with van der Waals surface area (Å²) in [7, 11) is 0. The summed E-state index contributed by atoms with van der Waals surface area (Å²) in [4.78, 5) is 12.1. The van der Waals surface area contributed by atoms with E-state index in [1.54, 1.807) is 12.1 Å². The first-order chi connectivity index (χ1) is 8.81. The van der Waals surface area contributed by atoms with Crippen molar-refractivity contribution in [3.63, 3.8) is 0 Å². The van der Waals surface area contributed by atoms with E-state index in [0.29, 0.717) is 5.75 Å². The van der Waals surface area contributed by atoms with Gasteiger partial charge in [-0.1, -0.05) is 0 Å². The fourth-order valence-electron chi connectivity index (χ4n) is 1.60. The van der Waals surface area contributed by atoms with Crippen molar-refractivity contribution < 1.29 is 28.9 Å². The molecule has 91 valence electrons. The normalized spacial score (nSPS) is 11.6. The molecule has 0 heterocycles. The third kappa shape index (κ3) is 3.24. The summed E-state index contributed by atoms with van der Waals surface area (Å²) < 4.78 is 7.30. The van der Waals surface area contributed by atoms with Crippen molar-refractivity contribution in [1.29, 1.82) is 0 Å². The zero-order valence-corrected chi connectivity index (χ0v) is 12.6. The standard InChI is InChI=1S/C15H12O2.W/c1-12(13-8-4-2-5-9-13)15(16)17-14-10-6-3-7-11-14;/h1-12H;/q;-1. The number of benzene rings is 2. The number of ether oxygens (including phenoxy) is 1. The van der Waals surface area contributed by atoms with Crippen molar-refractivity contribution in [3.8, 4) is 5.75 Å². The monoisotopic (exact) mass is 408 g/mol. The van der Waals surface area contributed by atoms with Gasteiger partial charge in [-0.25, -0.2) is 0 Å². The minimum atomic E-state index is -0.290. The van der Waals surface area contributed by atoms with E-state index in [1.165, 1.54) is 19.4 Å². The second kappa shape index (κ2) is 6.41. The molecule has 3 heteroatoms. The van der Waals surface area contributed by atoms with Gasteiger partial charge >= 0.3 is 117 Å². The van der Waals surface area contributed by atoms with Crippen LogP contribution in [0.2, 0.25) is 0 Å². The van der Waals surface area contributed by atoms with Gasteiger partial charge in [0.25, 0.3) is 0 Å². The number of esters is 1. The second-order valence-corrected chi connectivity index (χ2v) is 4.74. The van der Waals surface area contributed by atoms with Crippen LogP contribution < -0.4 is 4.74 Å². The zero-order chi connectivity index (χ0) is 12.8. The number of carbonyl (C=O) groups is 1. The molecular formula is C15H12O2W-. The molecule has 0 aliphatic carbocycles. The van der Waals surface area contributed by atoms with Crippen molar-refractivity contribution in [2.45, 2.75) is 5.92 Å². The molecule has 2 aromatic rings. The quantitative estimate of drug-likeness (QED) is 0.575. The van der Waals surface area contributed by atoms with Crippen molar-refractivity contribution >= 4 is 10.4 Å². The number of hydrogen-bond acceptors (Lipinski definition) is 2. The molecule has 1 atom stereocenters. The Labute approximate surface area is 117 Å². The second-order valence-electron chi connectivity index (χ2n) is 3.76. The summed E-state index contributed by atoms with van der Waals surface area (Å²) in [6.07, 6.45) is 0. The van der Waals surface area contributed by atoms with Crippen LogP contribution in [0.4, 0.5) is 0 Å². The molecule has 0 aliphatic rings. The fourth-order valence-corrected chi connectivity index (χ4v) is 2.56. The molecular weight excluding hydrogens is 396 g/mol. The van der Waals surface area contributed by atoms with Crippen LogP contribution in [0, 0.1) is 0 Å². The van der Waals surface area contributed by atoms with Gasteiger partial charge in [0.2, 0.25) is 0 Å². The minimum absolute atomic E-state index is 0.234. The maximum atomic E-state index is 12.1. The molecule has 0 saturated heterocycles. The number of rotatable bonds is 4. The van der Waals surface area contributed by atoms with Gasteiger partial charge in [0.05, 0.1) is 0 Å². The van der Waals surface area contributed by atoms with Crippen LogP contribution in [0.3, 0.4) is 0 Å². The van der Waals surface area contributed by atoms with Crippen LogP contribution in [0.25, 0.3) is 0 Å². The van der Waals surface area contributed by atoms with Gasteiger partial charge in [0, 0.05) is 0 Å². The van der Waals surface area contributed by atoms with E-state index in [-0.39, 0.29) is 11.9 Å². The Kier molecular flexibility index (Phi) is 4.60. The van der Waals surface area contributed by atoms with Gasteiger partial charge in [-0.15, -0.1) is 0 Å². The van der Waals surface area contributed by atoms with E-state index in [2.05, 4.69) is 0 Å². The topological polar surface area (TPSA) is 26.3 Å². The van der Waals surface area contributed by atoms with Crippen LogP contribution in [-0.4, -0.2) is 10.4 Å². The molecule has 0 amide bonds. The number of carbonyl (C=O) groups excluding carboxylic acids is 1. The van der Waals surface area contributed by atoms with Crippen molar-refractivity contribution in [2.24, 2.45) is 0 Å². The molecule has 18 heavy (non-hydrogen) atoms. The van der Waals surface area contributed by atoms with Crippen LogP contribution >= 0.6 is 0 Å². The summed E-state index contributed by atoms with van der Waals surface area (Å²) in [5.74, 6) is 0.0593. The Hall–Kier alpha value is -1.53. The third-order valence-corrected chi connectivity index (χ3v) is 3.49. The van der Waals surface area contributed by atoms with Crippen molar-refractivity contribution in [3.05, 3.63) is 66.2 Å². The van der Waals surface area contributed by atoms with Crippen LogP contribution in [0.1, 0.15) is 11.5 Å². The summed E-state index contributed by atoms with van der Waals surface area (Å²) in [6.45, 7) is 0. The molecule has 0 bridgehead atoms. The average molecular weight is 408 g/mol. The van der Waals surface area contributed by atoms with Gasteiger partial charge < -0.3 is 0 Å². The zero-order valence-electron chi connectivity index (χ0n) is 9.65. The summed E-state index contributed by atoms with van der Waals surface area (Å²) in [5, 5.41) is 0. The van der Waals surface area contributed by atoms with Crippen LogP contribution in [0.5, 0.6) is 5.75 Å². The molecule has 0 fully saturated rings. The number of hydrogen-bond donors (Lipinski definition) is 0. The Morgan fingerprint density at radius 2 is 1.56 bits per heavy atom. The van der Waals surface area contributed by atoms with Gasteiger partial charge in [-0.05, 0) is 0 Å². The molecule has 1 unspecified atom stereocenters. The molecule has 2 nitrogen and oxygen atoms in total. The van der Waals surface area contributed by atoms with Crippen molar-refractivity contribution in [1.82, 2.24) is 0 Å². The molecule has 0 saturated carbocycles. The number of para-hydroxylation sites is 1. The van der Waals surface area contributed by atoms with E-state index in [4.69, 9.17) is 4.74 Å². The van der Waals surface area contributed by atoms with E-state index >= 15 is 0 Å². The predicted molar refractivity (Wildman–Crippen MR) is 67.3 cm³/mol. The predicted octanol–water partition coefficient (Wildman–Crippen LogP) is 2.72. The van der Waals surface area contributed by atoms with E-state index in [0.717, 1.165) is 5.56 Å². The summed E-state index contributed by atoms with van der Waals surface area (Å²) in [5.41, 5.74) is 0.966. The first-order valence-electron chi connectivity index (χ1n) is 5.58. The molecule has 0 spiro atoms. The molecule has 2 aromatic carbocycles. The molecule has 0 radical (unpaired) electrons. The van der Waals surface area contributed by atoms with E-state index in [9.17, 15) is 4.79 Å². The summed E-state index contributed by atoms with van der Waals surface area (Å²) in [6, 6.07) is 18.8. The van der Waals surface area contributed by atoms with Crippen molar-refractivity contribution in [2.75, 3.05) is 0 Å². The Bertz CT molecular complexity index is 523. The van der Waals surface area contributed by atoms with Crippen LogP contribution in [-0.2, 0) is 24.1 Å². The Morgan fingerprint density at radius 3 is 2.11 bits per heavy atom. The SMILES string of the molecule is O=C(Oc1ccccc1)C([CH]=[W-])c1ccccc1. The molecule has 0 aromatic heterocycles. The molecule has 2 rings (SSSR count). The van der Waals surface area contributed by atoms with E-state index < -0.39 is 0 Å². The van der Waals surface area contributed by atoms with Gasteiger partial charge in [-0.2, -0.15) is 0 Å². The fraction of sp³-hybridized carbons (Fsp3) is 0.0667. The van der Waals surface area contributed by atoms with Crippen LogP contribution in [0.15, 0.2) is 60.7 Å². The van der Waals surface area contributed by atoms with Gasteiger partial charge in [-0.3, -0.25) is 0 Å². The van der Waals surface area contributed by atoms with Gasteiger partial charge in [0.15, 0.2) is 0 Å². The Balaban J connectivity index is 2.14. The van der Waals surface area contributed by atoms with E-state index in [1.807, 2.05) is 52.9 Å². The molecule has 0 aliphatic heterocycles.